The SMILES string of the molecule is Cc1c(Cl)cccc1N1C(=O)NC(=O)/C(=C\c2cccn2-c2cccc(C(=O)O)c2)C1=O. The minimum absolute atomic E-state index is 0.0921. The molecule has 2 heterocycles. The fourth-order valence-corrected chi connectivity index (χ4v) is 3.57. The van der Waals surface area contributed by atoms with E-state index in [1.165, 1.54) is 18.2 Å². The molecule has 160 valence electrons. The summed E-state index contributed by atoms with van der Waals surface area (Å²) in [5.74, 6) is -2.70. The van der Waals surface area contributed by atoms with E-state index in [4.69, 9.17) is 11.6 Å². The van der Waals surface area contributed by atoms with E-state index in [0.29, 0.717) is 22.0 Å². The van der Waals surface area contributed by atoms with Crippen LogP contribution in [0.5, 0.6) is 0 Å². The monoisotopic (exact) mass is 449 g/mol. The molecule has 9 heteroatoms. The van der Waals surface area contributed by atoms with Crippen LogP contribution in [-0.4, -0.2) is 33.5 Å². The molecule has 0 bridgehead atoms. The Morgan fingerprint density at radius 2 is 1.81 bits per heavy atom. The van der Waals surface area contributed by atoms with Gasteiger partial charge in [-0.05, 0) is 61.0 Å². The third-order valence-electron chi connectivity index (χ3n) is 5.03. The fraction of sp³-hybridized carbons (Fsp3) is 0.0435. The summed E-state index contributed by atoms with van der Waals surface area (Å²) >= 11 is 6.14. The smallest absolute Gasteiger partial charge is 0.335 e. The summed E-state index contributed by atoms with van der Waals surface area (Å²) in [4.78, 5) is 50.3. The van der Waals surface area contributed by atoms with Crippen LogP contribution < -0.4 is 10.2 Å². The van der Waals surface area contributed by atoms with Crippen LogP contribution in [-0.2, 0) is 9.59 Å². The molecule has 0 atom stereocenters. The molecule has 1 aliphatic rings. The number of anilines is 1. The Balaban J connectivity index is 1.77. The van der Waals surface area contributed by atoms with Crippen molar-refractivity contribution in [3.8, 4) is 5.69 Å². The standard InChI is InChI=1S/C23H16ClN3O5/c1-13-18(24)8-3-9-19(13)27-21(29)17(20(28)25-23(27)32)12-16-7-4-10-26(16)15-6-2-5-14(11-15)22(30)31/h2-12H,1H3,(H,30,31)(H,25,28,32)/b17-12+. The maximum atomic E-state index is 13.2. The zero-order valence-electron chi connectivity index (χ0n) is 16.7. The highest BCUT2D eigenvalue weighted by Gasteiger charge is 2.37. The summed E-state index contributed by atoms with van der Waals surface area (Å²) in [6.07, 6.45) is 3.02. The van der Waals surface area contributed by atoms with Crippen LogP contribution in [0.1, 0.15) is 21.6 Å². The molecule has 4 amide bonds. The summed E-state index contributed by atoms with van der Waals surface area (Å²) in [6.45, 7) is 1.67. The highest BCUT2D eigenvalue weighted by atomic mass is 35.5. The quantitative estimate of drug-likeness (QED) is 0.465. The van der Waals surface area contributed by atoms with Crippen LogP contribution in [0.2, 0.25) is 5.02 Å². The number of carbonyl (C=O) groups excluding carboxylic acids is 3. The van der Waals surface area contributed by atoms with Crippen molar-refractivity contribution in [2.45, 2.75) is 6.92 Å². The summed E-state index contributed by atoms with van der Waals surface area (Å²) < 4.78 is 1.63. The Morgan fingerprint density at radius 3 is 2.56 bits per heavy atom. The van der Waals surface area contributed by atoms with Crippen LogP contribution in [0, 0.1) is 6.92 Å². The number of hydrogen-bond donors (Lipinski definition) is 2. The van der Waals surface area contributed by atoms with Crippen molar-refractivity contribution in [3.63, 3.8) is 0 Å². The third-order valence-corrected chi connectivity index (χ3v) is 5.43. The second-order valence-electron chi connectivity index (χ2n) is 7.00. The van der Waals surface area contributed by atoms with Gasteiger partial charge in [0.05, 0.1) is 11.3 Å². The van der Waals surface area contributed by atoms with Gasteiger partial charge in [-0.15, -0.1) is 0 Å². The normalized spacial score (nSPS) is 15.2. The molecule has 2 aromatic carbocycles. The average Bonchev–Trinajstić information content (AvgIpc) is 3.22. The maximum Gasteiger partial charge on any atom is 0.335 e. The molecule has 32 heavy (non-hydrogen) atoms. The van der Waals surface area contributed by atoms with Crippen LogP contribution in [0.3, 0.4) is 0 Å². The number of nitrogens with zero attached hydrogens (tertiary/aromatic N) is 2. The van der Waals surface area contributed by atoms with Crippen molar-refractivity contribution in [2.75, 3.05) is 4.90 Å². The first-order valence-electron chi connectivity index (χ1n) is 9.45. The van der Waals surface area contributed by atoms with Gasteiger partial charge in [0.2, 0.25) is 0 Å². The minimum Gasteiger partial charge on any atom is -0.478 e. The highest BCUT2D eigenvalue weighted by Crippen LogP contribution is 2.29. The number of hydrogen-bond acceptors (Lipinski definition) is 4. The molecule has 1 aromatic heterocycles. The first-order valence-corrected chi connectivity index (χ1v) is 9.83. The van der Waals surface area contributed by atoms with Gasteiger partial charge < -0.3 is 9.67 Å². The summed E-state index contributed by atoms with van der Waals surface area (Å²) in [6, 6.07) is 13.5. The van der Waals surface area contributed by atoms with Crippen LogP contribution in [0.25, 0.3) is 11.8 Å². The van der Waals surface area contributed by atoms with E-state index in [2.05, 4.69) is 5.32 Å². The molecule has 0 unspecified atom stereocenters. The zero-order chi connectivity index (χ0) is 23.0. The lowest BCUT2D eigenvalue weighted by Gasteiger charge is -2.27. The number of carboxylic acid groups (broad SMARTS) is 1. The summed E-state index contributed by atoms with van der Waals surface area (Å²) in [5.41, 5.74) is 1.60. The molecule has 1 saturated heterocycles. The Bertz CT molecular complexity index is 1320. The van der Waals surface area contributed by atoms with Gasteiger partial charge >= 0.3 is 12.0 Å². The largest absolute Gasteiger partial charge is 0.478 e. The molecular weight excluding hydrogens is 434 g/mol. The van der Waals surface area contributed by atoms with E-state index in [9.17, 15) is 24.3 Å². The Kier molecular flexibility index (Phi) is 5.38. The second kappa shape index (κ2) is 8.16. The summed E-state index contributed by atoms with van der Waals surface area (Å²) in [5, 5.41) is 11.8. The van der Waals surface area contributed by atoms with Crippen LogP contribution in [0.15, 0.2) is 66.4 Å². The number of barbiturate groups is 1. The van der Waals surface area contributed by atoms with Gasteiger partial charge in [0, 0.05) is 22.6 Å². The number of benzene rings is 2. The van der Waals surface area contributed by atoms with Crippen molar-refractivity contribution in [3.05, 3.63) is 88.2 Å². The van der Waals surface area contributed by atoms with Crippen molar-refractivity contribution in [1.82, 2.24) is 9.88 Å². The number of carboxylic acids is 1. The average molecular weight is 450 g/mol. The zero-order valence-corrected chi connectivity index (χ0v) is 17.5. The lowest BCUT2D eigenvalue weighted by molar-refractivity contribution is -0.122. The van der Waals surface area contributed by atoms with Crippen LogP contribution in [0.4, 0.5) is 10.5 Å². The number of rotatable bonds is 4. The molecule has 0 radical (unpaired) electrons. The van der Waals surface area contributed by atoms with Crippen molar-refractivity contribution in [1.29, 1.82) is 0 Å². The first kappa shape index (κ1) is 21.1. The molecule has 8 nitrogen and oxygen atoms in total. The Hall–Kier alpha value is -4.17. The van der Waals surface area contributed by atoms with E-state index in [0.717, 1.165) is 4.90 Å². The van der Waals surface area contributed by atoms with Crippen LogP contribution >= 0.6 is 11.6 Å². The van der Waals surface area contributed by atoms with E-state index in [-0.39, 0.29) is 16.8 Å². The van der Waals surface area contributed by atoms with Crippen molar-refractivity contribution >= 4 is 47.2 Å². The molecule has 0 saturated carbocycles. The number of urea groups is 1. The minimum atomic E-state index is -1.08. The fourth-order valence-electron chi connectivity index (χ4n) is 3.40. The highest BCUT2D eigenvalue weighted by molar-refractivity contribution is 6.39. The van der Waals surface area contributed by atoms with E-state index in [1.54, 1.807) is 60.2 Å². The van der Waals surface area contributed by atoms with E-state index >= 15 is 0 Å². The van der Waals surface area contributed by atoms with Gasteiger partial charge in [0.25, 0.3) is 11.8 Å². The predicted octanol–water partition coefficient (Wildman–Crippen LogP) is 3.80. The van der Waals surface area contributed by atoms with Gasteiger partial charge in [0.1, 0.15) is 5.57 Å². The number of imide groups is 2. The molecule has 1 fully saturated rings. The number of aromatic nitrogens is 1. The Labute approximate surface area is 187 Å². The number of halogens is 1. The number of carbonyl (C=O) groups is 4. The number of amides is 4. The summed E-state index contributed by atoms with van der Waals surface area (Å²) in [7, 11) is 0. The topological polar surface area (TPSA) is 109 Å². The van der Waals surface area contributed by atoms with Gasteiger partial charge in [-0.1, -0.05) is 23.7 Å². The van der Waals surface area contributed by atoms with Gasteiger partial charge in [-0.25, -0.2) is 14.5 Å². The van der Waals surface area contributed by atoms with Crippen molar-refractivity contribution in [2.24, 2.45) is 0 Å². The molecule has 0 aliphatic carbocycles. The van der Waals surface area contributed by atoms with Gasteiger partial charge in [0.15, 0.2) is 0 Å². The molecule has 3 aromatic rings. The maximum absolute atomic E-state index is 13.2. The second-order valence-corrected chi connectivity index (χ2v) is 7.41. The molecule has 2 N–H and O–H groups in total. The van der Waals surface area contributed by atoms with E-state index in [1.807, 2.05) is 0 Å². The molecule has 1 aliphatic heterocycles. The first-order chi connectivity index (χ1) is 15.3. The van der Waals surface area contributed by atoms with Gasteiger partial charge in [-0.2, -0.15) is 0 Å². The van der Waals surface area contributed by atoms with E-state index < -0.39 is 23.8 Å². The molecular formula is C23H16ClN3O5. The third kappa shape index (κ3) is 3.67. The Morgan fingerprint density at radius 1 is 1.06 bits per heavy atom. The lowest BCUT2D eigenvalue weighted by atomic mass is 10.1. The van der Waals surface area contributed by atoms with Crippen molar-refractivity contribution < 1.29 is 24.3 Å². The number of aromatic carboxylic acids is 1. The molecule has 0 spiro atoms. The lowest BCUT2D eigenvalue weighted by Crippen LogP contribution is -2.54. The molecule has 4 rings (SSSR count). The predicted molar refractivity (Wildman–Crippen MR) is 118 cm³/mol. The number of nitrogens with one attached hydrogen (secondary N) is 1. The van der Waals surface area contributed by atoms with Gasteiger partial charge in [-0.3, -0.25) is 14.9 Å².